The molecule has 0 atom stereocenters. The number of nitrogens with one attached hydrogen (secondary N) is 1. The fourth-order valence-electron chi connectivity index (χ4n) is 3.08. The molecule has 0 radical (unpaired) electrons. The molecule has 3 rings (SSSR count). The van der Waals surface area contributed by atoms with E-state index in [-0.39, 0.29) is 5.97 Å². The van der Waals surface area contributed by atoms with E-state index in [1.807, 2.05) is 60.7 Å². The Morgan fingerprint density at radius 1 is 0.955 bits per heavy atom. The van der Waals surface area contributed by atoms with Crippen LogP contribution in [0.2, 0.25) is 0 Å². The summed E-state index contributed by atoms with van der Waals surface area (Å²) in [4.78, 5) is 12.8. The molecule has 1 aliphatic heterocycles. The van der Waals surface area contributed by atoms with Crippen LogP contribution in [-0.2, 0) is 21.6 Å². The summed E-state index contributed by atoms with van der Waals surface area (Å²) in [6, 6.07) is 19.9. The number of hydrogen-bond donors (Lipinski definition) is 1. The van der Waals surface area contributed by atoms with Gasteiger partial charge in [0.2, 0.25) is 0 Å². The van der Waals surface area contributed by atoms with E-state index < -0.39 is 5.41 Å². The molecule has 2 aromatic rings. The van der Waals surface area contributed by atoms with Crippen molar-refractivity contribution >= 4 is 5.97 Å². The summed E-state index contributed by atoms with van der Waals surface area (Å²) in [5, 5.41) is 3.33. The van der Waals surface area contributed by atoms with Crippen LogP contribution in [0.3, 0.4) is 0 Å². The van der Waals surface area contributed by atoms with Gasteiger partial charge in [-0.2, -0.15) is 0 Å². The maximum Gasteiger partial charge on any atom is 0.316 e. The normalized spacial score (nSPS) is 16.9. The molecule has 2 aromatic carbocycles. The lowest BCUT2D eigenvalue weighted by atomic mass is 9.73. The molecule has 22 heavy (non-hydrogen) atoms. The van der Waals surface area contributed by atoms with Crippen molar-refractivity contribution in [3.05, 3.63) is 71.8 Å². The van der Waals surface area contributed by atoms with Gasteiger partial charge in [0, 0.05) is 0 Å². The highest BCUT2D eigenvalue weighted by Gasteiger charge is 2.42. The van der Waals surface area contributed by atoms with Crippen LogP contribution in [0.5, 0.6) is 0 Å². The summed E-state index contributed by atoms with van der Waals surface area (Å²) >= 11 is 0. The molecule has 1 aliphatic rings. The van der Waals surface area contributed by atoms with E-state index in [0.29, 0.717) is 6.61 Å². The van der Waals surface area contributed by atoms with Crippen molar-refractivity contribution in [1.29, 1.82) is 0 Å². The third-order valence-electron chi connectivity index (χ3n) is 4.39. The smallest absolute Gasteiger partial charge is 0.316 e. The first kappa shape index (κ1) is 14.8. The molecule has 3 heteroatoms. The van der Waals surface area contributed by atoms with Crippen LogP contribution >= 0.6 is 0 Å². The predicted octanol–water partition coefficient (Wildman–Crippen LogP) is 3.05. The van der Waals surface area contributed by atoms with Gasteiger partial charge in [-0.05, 0) is 37.1 Å². The second-order valence-electron chi connectivity index (χ2n) is 5.76. The van der Waals surface area contributed by atoms with E-state index >= 15 is 0 Å². The van der Waals surface area contributed by atoms with Crippen molar-refractivity contribution in [2.75, 3.05) is 13.1 Å². The zero-order valence-electron chi connectivity index (χ0n) is 12.6. The maximum atomic E-state index is 12.8. The minimum atomic E-state index is -0.513. The molecule has 114 valence electrons. The molecule has 1 fully saturated rings. The van der Waals surface area contributed by atoms with Gasteiger partial charge in [0.1, 0.15) is 6.61 Å². The van der Waals surface area contributed by atoms with Gasteiger partial charge in [0.25, 0.3) is 0 Å². The standard InChI is InChI=1S/C19H21NO2/c21-18(22-15-16-7-3-1-4-8-16)19(11-13-20-14-12-19)17-9-5-2-6-10-17/h1-10,20H,11-15H2. The van der Waals surface area contributed by atoms with Crippen LogP contribution < -0.4 is 5.32 Å². The minimum Gasteiger partial charge on any atom is -0.460 e. The fraction of sp³-hybridized carbons (Fsp3) is 0.316. The summed E-state index contributed by atoms with van der Waals surface area (Å²) in [6.07, 6.45) is 1.56. The van der Waals surface area contributed by atoms with Gasteiger partial charge in [-0.3, -0.25) is 4.79 Å². The number of ether oxygens (including phenoxy) is 1. The van der Waals surface area contributed by atoms with E-state index in [9.17, 15) is 4.79 Å². The molecular formula is C19H21NO2. The summed E-state index contributed by atoms with van der Waals surface area (Å²) < 4.78 is 5.66. The Morgan fingerprint density at radius 3 is 2.18 bits per heavy atom. The first-order chi connectivity index (χ1) is 10.8. The third-order valence-corrected chi connectivity index (χ3v) is 4.39. The zero-order valence-corrected chi connectivity index (χ0v) is 12.6. The first-order valence-electron chi connectivity index (χ1n) is 7.79. The number of benzene rings is 2. The molecule has 1 N–H and O–H groups in total. The number of piperidine rings is 1. The number of carbonyl (C=O) groups excluding carboxylic acids is 1. The first-order valence-corrected chi connectivity index (χ1v) is 7.79. The average Bonchev–Trinajstić information content (AvgIpc) is 2.62. The van der Waals surface area contributed by atoms with E-state index in [1.165, 1.54) is 0 Å². The quantitative estimate of drug-likeness (QED) is 0.881. The number of rotatable bonds is 4. The largest absolute Gasteiger partial charge is 0.460 e. The second kappa shape index (κ2) is 6.75. The van der Waals surface area contributed by atoms with Gasteiger partial charge in [0.15, 0.2) is 0 Å². The molecule has 3 nitrogen and oxygen atoms in total. The van der Waals surface area contributed by atoms with Crippen LogP contribution in [0.4, 0.5) is 0 Å². The molecule has 0 saturated carbocycles. The van der Waals surface area contributed by atoms with Crippen LogP contribution in [0.25, 0.3) is 0 Å². The second-order valence-corrected chi connectivity index (χ2v) is 5.76. The minimum absolute atomic E-state index is 0.107. The molecule has 1 saturated heterocycles. The van der Waals surface area contributed by atoms with Gasteiger partial charge in [0.05, 0.1) is 5.41 Å². The lowest BCUT2D eigenvalue weighted by Gasteiger charge is -2.35. The summed E-state index contributed by atoms with van der Waals surface area (Å²) in [5.41, 5.74) is 1.57. The van der Waals surface area contributed by atoms with Gasteiger partial charge in [-0.15, -0.1) is 0 Å². The summed E-state index contributed by atoms with van der Waals surface area (Å²) in [5.74, 6) is -0.107. The highest BCUT2D eigenvalue weighted by Crippen LogP contribution is 2.35. The van der Waals surface area contributed by atoms with Crippen molar-refractivity contribution in [2.45, 2.75) is 24.9 Å². The topological polar surface area (TPSA) is 38.3 Å². The highest BCUT2D eigenvalue weighted by molar-refractivity contribution is 5.83. The maximum absolute atomic E-state index is 12.8. The number of esters is 1. The average molecular weight is 295 g/mol. The lowest BCUT2D eigenvalue weighted by molar-refractivity contribution is -0.153. The van der Waals surface area contributed by atoms with Gasteiger partial charge >= 0.3 is 5.97 Å². The molecule has 0 spiro atoms. The molecule has 1 heterocycles. The molecule has 0 bridgehead atoms. The number of carbonyl (C=O) groups is 1. The van der Waals surface area contributed by atoms with Gasteiger partial charge in [-0.25, -0.2) is 0 Å². The van der Waals surface area contributed by atoms with E-state index in [4.69, 9.17) is 4.74 Å². The van der Waals surface area contributed by atoms with Crippen LogP contribution in [-0.4, -0.2) is 19.1 Å². The van der Waals surface area contributed by atoms with Gasteiger partial charge in [-0.1, -0.05) is 60.7 Å². The summed E-state index contributed by atoms with van der Waals surface area (Å²) in [7, 11) is 0. The Bertz CT molecular complexity index is 604. The monoisotopic (exact) mass is 295 g/mol. The van der Waals surface area contributed by atoms with Crippen molar-refractivity contribution in [3.63, 3.8) is 0 Å². The van der Waals surface area contributed by atoms with Crippen LogP contribution in [0, 0.1) is 0 Å². The Labute approximate surface area is 131 Å². The number of hydrogen-bond acceptors (Lipinski definition) is 3. The third kappa shape index (κ3) is 3.04. The Morgan fingerprint density at radius 2 is 1.55 bits per heavy atom. The van der Waals surface area contributed by atoms with Gasteiger partial charge < -0.3 is 10.1 Å². The fourth-order valence-corrected chi connectivity index (χ4v) is 3.08. The SMILES string of the molecule is O=C(OCc1ccccc1)C1(c2ccccc2)CCNCC1. The lowest BCUT2D eigenvalue weighted by Crippen LogP contribution is -2.46. The van der Waals surface area contributed by atoms with E-state index in [0.717, 1.165) is 37.1 Å². The van der Waals surface area contributed by atoms with Crippen LogP contribution in [0.1, 0.15) is 24.0 Å². The van der Waals surface area contributed by atoms with Crippen molar-refractivity contribution in [2.24, 2.45) is 0 Å². The molecule has 0 aromatic heterocycles. The summed E-state index contributed by atoms with van der Waals surface area (Å²) in [6.45, 7) is 2.02. The van der Waals surface area contributed by atoms with Crippen molar-refractivity contribution in [1.82, 2.24) is 5.32 Å². The highest BCUT2D eigenvalue weighted by atomic mass is 16.5. The predicted molar refractivity (Wildman–Crippen MR) is 86.5 cm³/mol. The molecule has 0 aliphatic carbocycles. The van der Waals surface area contributed by atoms with Crippen molar-refractivity contribution < 1.29 is 9.53 Å². The van der Waals surface area contributed by atoms with E-state index in [2.05, 4.69) is 5.32 Å². The zero-order chi connectivity index (χ0) is 15.3. The molecule has 0 amide bonds. The van der Waals surface area contributed by atoms with Crippen LogP contribution in [0.15, 0.2) is 60.7 Å². The van der Waals surface area contributed by atoms with Crippen molar-refractivity contribution in [3.8, 4) is 0 Å². The Balaban J connectivity index is 1.79. The van der Waals surface area contributed by atoms with E-state index in [1.54, 1.807) is 0 Å². The Kier molecular flexibility index (Phi) is 4.54. The Hall–Kier alpha value is -2.13. The molecular weight excluding hydrogens is 274 g/mol. The molecule has 0 unspecified atom stereocenters.